The fraction of sp³-hybridized carbons (Fsp3) is 0.136. The van der Waals surface area contributed by atoms with Crippen molar-refractivity contribution in [2.75, 3.05) is 6.54 Å². The molecule has 4 aromatic rings. The molecule has 0 spiro atoms. The van der Waals surface area contributed by atoms with Gasteiger partial charge in [-0.3, -0.25) is 4.79 Å². The van der Waals surface area contributed by atoms with E-state index < -0.39 is 11.7 Å². The Morgan fingerprint density at radius 3 is 2.72 bits per heavy atom. The summed E-state index contributed by atoms with van der Waals surface area (Å²) in [5.41, 5.74) is 3.13. The van der Waals surface area contributed by atoms with Gasteiger partial charge in [0.2, 0.25) is 5.89 Å². The predicted molar refractivity (Wildman–Crippen MR) is 105 cm³/mol. The summed E-state index contributed by atoms with van der Waals surface area (Å²) >= 11 is 0. The molecule has 4 rings (SSSR count). The van der Waals surface area contributed by atoms with Gasteiger partial charge in [0.15, 0.2) is 11.5 Å². The molecule has 2 heterocycles. The van der Waals surface area contributed by atoms with Crippen molar-refractivity contribution in [1.82, 2.24) is 15.5 Å². The first-order chi connectivity index (χ1) is 14.1. The van der Waals surface area contributed by atoms with Gasteiger partial charge < -0.3 is 14.3 Å². The van der Waals surface area contributed by atoms with Gasteiger partial charge in [-0.2, -0.15) is 0 Å². The average molecular weight is 391 g/mol. The van der Waals surface area contributed by atoms with Crippen LogP contribution in [0.5, 0.6) is 0 Å². The summed E-state index contributed by atoms with van der Waals surface area (Å²) in [5.74, 6) is -0.102. The molecule has 0 aliphatic carbocycles. The van der Waals surface area contributed by atoms with E-state index in [-0.39, 0.29) is 17.0 Å². The topological polar surface area (TPSA) is 81.2 Å². The van der Waals surface area contributed by atoms with Crippen LogP contribution in [0, 0.1) is 12.7 Å². The minimum atomic E-state index is -0.439. The van der Waals surface area contributed by atoms with E-state index in [2.05, 4.69) is 15.5 Å². The maximum atomic E-state index is 13.8. The summed E-state index contributed by atoms with van der Waals surface area (Å²) in [7, 11) is 0. The Bertz CT molecular complexity index is 1130. The van der Waals surface area contributed by atoms with E-state index in [9.17, 15) is 9.18 Å². The molecule has 0 saturated heterocycles. The number of carbonyl (C=O) groups is 1. The fourth-order valence-corrected chi connectivity index (χ4v) is 2.82. The molecule has 7 heteroatoms. The standard InChI is InChI=1S/C22H18FN3O3/c1-14-6-8-15(9-7-14)22-25-16(13-28-22)10-11-24-21(27)19-12-20(29-26-19)17-4-2-3-5-18(17)23/h2-9,12-13H,10-11H2,1H3,(H,24,27). The van der Waals surface area contributed by atoms with Crippen LogP contribution < -0.4 is 5.32 Å². The summed E-state index contributed by atoms with van der Waals surface area (Å²) in [4.78, 5) is 16.7. The largest absolute Gasteiger partial charge is 0.444 e. The third kappa shape index (κ3) is 4.24. The lowest BCUT2D eigenvalue weighted by molar-refractivity contribution is 0.0945. The van der Waals surface area contributed by atoms with E-state index in [4.69, 9.17) is 8.94 Å². The molecule has 146 valence electrons. The minimum absolute atomic E-state index is 0.0868. The molecule has 0 atom stereocenters. The number of benzene rings is 2. The number of nitrogens with one attached hydrogen (secondary N) is 1. The SMILES string of the molecule is Cc1ccc(-c2nc(CCNC(=O)c3cc(-c4ccccc4F)on3)co2)cc1. The highest BCUT2D eigenvalue weighted by molar-refractivity contribution is 5.93. The van der Waals surface area contributed by atoms with Gasteiger partial charge in [0.1, 0.15) is 12.1 Å². The molecule has 1 N–H and O–H groups in total. The lowest BCUT2D eigenvalue weighted by Gasteiger charge is -2.00. The van der Waals surface area contributed by atoms with Gasteiger partial charge in [0, 0.05) is 24.6 Å². The van der Waals surface area contributed by atoms with Gasteiger partial charge in [-0.25, -0.2) is 9.37 Å². The third-order valence-electron chi connectivity index (χ3n) is 4.40. The first-order valence-electron chi connectivity index (χ1n) is 9.11. The van der Waals surface area contributed by atoms with Crippen LogP contribution in [0.1, 0.15) is 21.7 Å². The lowest BCUT2D eigenvalue weighted by atomic mass is 10.1. The molecule has 0 radical (unpaired) electrons. The maximum Gasteiger partial charge on any atom is 0.273 e. The summed E-state index contributed by atoms with van der Waals surface area (Å²) in [6.45, 7) is 2.36. The Balaban J connectivity index is 1.34. The molecular formula is C22H18FN3O3. The maximum absolute atomic E-state index is 13.8. The molecular weight excluding hydrogens is 373 g/mol. The molecule has 2 aromatic heterocycles. The molecule has 0 aliphatic rings. The molecule has 2 aromatic carbocycles. The van der Waals surface area contributed by atoms with Gasteiger partial charge in [-0.05, 0) is 31.2 Å². The van der Waals surface area contributed by atoms with Crippen molar-refractivity contribution in [3.63, 3.8) is 0 Å². The Morgan fingerprint density at radius 1 is 1.14 bits per heavy atom. The minimum Gasteiger partial charge on any atom is -0.444 e. The van der Waals surface area contributed by atoms with Crippen LogP contribution in [-0.2, 0) is 6.42 Å². The number of hydrogen-bond acceptors (Lipinski definition) is 5. The van der Waals surface area contributed by atoms with Gasteiger partial charge in [-0.15, -0.1) is 0 Å². The molecule has 0 bridgehead atoms. The molecule has 6 nitrogen and oxygen atoms in total. The van der Waals surface area contributed by atoms with Crippen LogP contribution in [0.25, 0.3) is 22.8 Å². The molecule has 1 amide bonds. The van der Waals surface area contributed by atoms with Crippen molar-refractivity contribution in [3.05, 3.63) is 83.6 Å². The normalized spacial score (nSPS) is 10.8. The van der Waals surface area contributed by atoms with E-state index in [1.807, 2.05) is 31.2 Å². The van der Waals surface area contributed by atoms with Crippen molar-refractivity contribution in [1.29, 1.82) is 0 Å². The summed E-state index contributed by atoms with van der Waals surface area (Å²) in [6, 6.07) is 15.4. The molecule has 0 fully saturated rings. The molecule has 0 unspecified atom stereocenters. The number of rotatable bonds is 6. The van der Waals surface area contributed by atoms with Crippen molar-refractivity contribution < 1.29 is 18.1 Å². The zero-order chi connectivity index (χ0) is 20.2. The highest BCUT2D eigenvalue weighted by atomic mass is 19.1. The number of nitrogens with zero attached hydrogens (tertiary/aromatic N) is 2. The Kier molecular flexibility index (Phi) is 5.20. The zero-order valence-corrected chi connectivity index (χ0v) is 15.7. The van der Waals surface area contributed by atoms with Gasteiger partial charge >= 0.3 is 0 Å². The van der Waals surface area contributed by atoms with Crippen LogP contribution in [0.4, 0.5) is 4.39 Å². The summed E-state index contributed by atoms with van der Waals surface area (Å²) in [6.07, 6.45) is 2.08. The van der Waals surface area contributed by atoms with Crippen molar-refractivity contribution in [2.45, 2.75) is 13.3 Å². The first kappa shape index (κ1) is 18.6. The Labute approximate surface area is 166 Å². The monoisotopic (exact) mass is 391 g/mol. The third-order valence-corrected chi connectivity index (χ3v) is 4.40. The van der Waals surface area contributed by atoms with Crippen LogP contribution in [0.2, 0.25) is 0 Å². The second-order valence-corrected chi connectivity index (χ2v) is 6.57. The van der Waals surface area contributed by atoms with Crippen molar-refractivity contribution >= 4 is 5.91 Å². The molecule has 0 aliphatic heterocycles. The van der Waals surface area contributed by atoms with Crippen LogP contribution in [0.3, 0.4) is 0 Å². The number of oxazole rings is 1. The number of hydrogen-bond donors (Lipinski definition) is 1. The molecule has 29 heavy (non-hydrogen) atoms. The fourth-order valence-electron chi connectivity index (χ4n) is 2.82. The van der Waals surface area contributed by atoms with E-state index >= 15 is 0 Å². The molecule has 0 saturated carbocycles. The number of halogens is 1. The quantitative estimate of drug-likeness (QED) is 0.526. The highest BCUT2D eigenvalue weighted by Crippen LogP contribution is 2.23. The average Bonchev–Trinajstić information content (AvgIpc) is 3.39. The van der Waals surface area contributed by atoms with Crippen molar-refractivity contribution in [2.24, 2.45) is 0 Å². The van der Waals surface area contributed by atoms with Gasteiger partial charge in [-0.1, -0.05) is 35.0 Å². The summed E-state index contributed by atoms with van der Waals surface area (Å²) in [5, 5.41) is 6.47. The van der Waals surface area contributed by atoms with Crippen LogP contribution >= 0.6 is 0 Å². The van der Waals surface area contributed by atoms with E-state index in [0.29, 0.717) is 18.9 Å². The first-order valence-corrected chi connectivity index (χ1v) is 9.11. The van der Waals surface area contributed by atoms with Gasteiger partial charge in [0.25, 0.3) is 5.91 Å². The highest BCUT2D eigenvalue weighted by Gasteiger charge is 2.16. The smallest absolute Gasteiger partial charge is 0.273 e. The Morgan fingerprint density at radius 2 is 1.93 bits per heavy atom. The second-order valence-electron chi connectivity index (χ2n) is 6.57. The van der Waals surface area contributed by atoms with Crippen molar-refractivity contribution in [3.8, 4) is 22.8 Å². The predicted octanol–water partition coefficient (Wildman–Crippen LogP) is 4.42. The number of amides is 1. The van der Waals surface area contributed by atoms with Crippen LogP contribution in [-0.4, -0.2) is 22.6 Å². The Hall–Kier alpha value is -3.74. The van der Waals surface area contributed by atoms with Gasteiger partial charge in [0.05, 0.1) is 11.3 Å². The van der Waals surface area contributed by atoms with E-state index in [1.54, 1.807) is 24.5 Å². The number of carbonyl (C=O) groups excluding carboxylic acids is 1. The van der Waals surface area contributed by atoms with E-state index in [1.165, 1.54) is 12.1 Å². The lowest BCUT2D eigenvalue weighted by Crippen LogP contribution is -2.26. The second kappa shape index (κ2) is 8.10. The number of aryl methyl sites for hydroxylation is 1. The number of aromatic nitrogens is 2. The van der Waals surface area contributed by atoms with E-state index in [0.717, 1.165) is 16.8 Å². The van der Waals surface area contributed by atoms with Crippen LogP contribution in [0.15, 0.2) is 69.8 Å². The zero-order valence-electron chi connectivity index (χ0n) is 15.7. The summed E-state index contributed by atoms with van der Waals surface area (Å²) < 4.78 is 24.4.